The molecule has 0 saturated heterocycles. The van der Waals surface area contributed by atoms with Gasteiger partial charge in [-0.2, -0.15) is 0 Å². The second-order valence-corrected chi connectivity index (χ2v) is 5.33. The molecule has 1 unspecified atom stereocenters. The highest BCUT2D eigenvalue weighted by atomic mass is 16.1. The van der Waals surface area contributed by atoms with E-state index in [1.54, 1.807) is 6.20 Å². The van der Waals surface area contributed by atoms with Crippen molar-refractivity contribution >= 4 is 16.8 Å². The smallest absolute Gasteiger partial charge is 0.224 e. The second kappa shape index (κ2) is 6.48. The molecule has 1 aromatic heterocycles. The SMILES string of the molecule is CC(C)NC(=O)C(CN)Cc1ccc2ncccc2c1. The van der Waals surface area contributed by atoms with Crippen LogP contribution in [0.15, 0.2) is 36.5 Å². The molecule has 4 heteroatoms. The fraction of sp³-hybridized carbons (Fsp3) is 0.375. The van der Waals surface area contributed by atoms with Crippen LogP contribution in [0.1, 0.15) is 19.4 Å². The summed E-state index contributed by atoms with van der Waals surface area (Å²) in [5, 5.41) is 4.01. The third kappa shape index (κ3) is 3.54. The van der Waals surface area contributed by atoms with Crippen LogP contribution in [-0.4, -0.2) is 23.5 Å². The lowest BCUT2D eigenvalue weighted by atomic mass is 9.97. The molecule has 106 valence electrons. The summed E-state index contributed by atoms with van der Waals surface area (Å²) in [7, 11) is 0. The molecule has 0 aliphatic heterocycles. The van der Waals surface area contributed by atoms with Crippen molar-refractivity contribution < 1.29 is 4.79 Å². The quantitative estimate of drug-likeness (QED) is 0.872. The number of hydrogen-bond donors (Lipinski definition) is 2. The van der Waals surface area contributed by atoms with E-state index in [-0.39, 0.29) is 17.9 Å². The van der Waals surface area contributed by atoms with Gasteiger partial charge in [0.15, 0.2) is 0 Å². The van der Waals surface area contributed by atoms with Gasteiger partial charge in [-0.1, -0.05) is 12.1 Å². The number of nitrogens with zero attached hydrogens (tertiary/aromatic N) is 1. The van der Waals surface area contributed by atoms with Crippen molar-refractivity contribution in [3.8, 4) is 0 Å². The number of benzene rings is 1. The molecule has 2 rings (SSSR count). The fourth-order valence-corrected chi connectivity index (χ4v) is 2.22. The molecule has 3 N–H and O–H groups in total. The van der Waals surface area contributed by atoms with E-state index < -0.39 is 0 Å². The molecule has 20 heavy (non-hydrogen) atoms. The van der Waals surface area contributed by atoms with Gasteiger partial charge in [-0.05, 0) is 44.0 Å². The van der Waals surface area contributed by atoms with Gasteiger partial charge in [0.1, 0.15) is 0 Å². The van der Waals surface area contributed by atoms with Gasteiger partial charge < -0.3 is 11.1 Å². The van der Waals surface area contributed by atoms with E-state index in [2.05, 4.69) is 16.4 Å². The molecule has 0 spiro atoms. The van der Waals surface area contributed by atoms with E-state index in [0.717, 1.165) is 16.5 Å². The Morgan fingerprint density at radius 2 is 2.15 bits per heavy atom. The molecular weight excluding hydrogens is 250 g/mol. The van der Waals surface area contributed by atoms with Gasteiger partial charge in [0, 0.05) is 24.2 Å². The summed E-state index contributed by atoms with van der Waals surface area (Å²) in [5.74, 6) is -0.166. The number of aromatic nitrogens is 1. The van der Waals surface area contributed by atoms with Gasteiger partial charge >= 0.3 is 0 Å². The highest BCUT2D eigenvalue weighted by Gasteiger charge is 2.18. The number of fused-ring (bicyclic) bond motifs is 1. The highest BCUT2D eigenvalue weighted by Crippen LogP contribution is 2.16. The van der Waals surface area contributed by atoms with Crippen molar-refractivity contribution in [1.82, 2.24) is 10.3 Å². The Morgan fingerprint density at radius 3 is 2.85 bits per heavy atom. The average Bonchev–Trinajstić information content (AvgIpc) is 2.43. The molecule has 0 aliphatic rings. The molecule has 2 aromatic rings. The average molecular weight is 271 g/mol. The van der Waals surface area contributed by atoms with E-state index in [9.17, 15) is 4.79 Å². The van der Waals surface area contributed by atoms with E-state index >= 15 is 0 Å². The lowest BCUT2D eigenvalue weighted by Crippen LogP contribution is -2.39. The third-order valence-corrected chi connectivity index (χ3v) is 3.24. The highest BCUT2D eigenvalue weighted by molar-refractivity contribution is 5.81. The number of hydrogen-bond acceptors (Lipinski definition) is 3. The van der Waals surface area contributed by atoms with Gasteiger partial charge in [-0.3, -0.25) is 9.78 Å². The summed E-state index contributed by atoms with van der Waals surface area (Å²) >= 11 is 0. The second-order valence-electron chi connectivity index (χ2n) is 5.33. The first kappa shape index (κ1) is 14.5. The molecule has 0 radical (unpaired) electrons. The summed E-state index contributed by atoms with van der Waals surface area (Å²) in [4.78, 5) is 16.3. The van der Waals surface area contributed by atoms with E-state index in [4.69, 9.17) is 5.73 Å². The van der Waals surface area contributed by atoms with Crippen LogP contribution in [0.4, 0.5) is 0 Å². The molecule has 0 fully saturated rings. The van der Waals surface area contributed by atoms with Crippen LogP contribution in [0.3, 0.4) is 0 Å². The first-order chi connectivity index (χ1) is 9.60. The van der Waals surface area contributed by atoms with Crippen molar-refractivity contribution in [2.24, 2.45) is 11.7 Å². The van der Waals surface area contributed by atoms with Crippen molar-refractivity contribution in [2.75, 3.05) is 6.54 Å². The lowest BCUT2D eigenvalue weighted by Gasteiger charge is -2.17. The predicted octanol–water partition coefficient (Wildman–Crippen LogP) is 1.88. The van der Waals surface area contributed by atoms with Gasteiger partial charge in [0.25, 0.3) is 0 Å². The predicted molar refractivity (Wildman–Crippen MR) is 81.3 cm³/mol. The molecule has 0 bridgehead atoms. The molecule has 4 nitrogen and oxygen atoms in total. The Labute approximate surface area is 119 Å². The van der Waals surface area contributed by atoms with E-state index in [1.165, 1.54) is 0 Å². The number of amides is 1. The summed E-state index contributed by atoms with van der Waals surface area (Å²) < 4.78 is 0. The maximum Gasteiger partial charge on any atom is 0.224 e. The fourth-order valence-electron chi connectivity index (χ4n) is 2.22. The minimum atomic E-state index is -0.188. The lowest BCUT2D eigenvalue weighted by molar-refractivity contribution is -0.125. The van der Waals surface area contributed by atoms with Crippen molar-refractivity contribution in [2.45, 2.75) is 26.3 Å². The molecule has 0 saturated carbocycles. The maximum atomic E-state index is 12.0. The zero-order chi connectivity index (χ0) is 14.5. The summed E-state index contributed by atoms with van der Waals surface area (Å²) in [6.45, 7) is 4.25. The van der Waals surface area contributed by atoms with Gasteiger partial charge in [-0.25, -0.2) is 0 Å². The Morgan fingerprint density at radius 1 is 1.35 bits per heavy atom. The monoisotopic (exact) mass is 271 g/mol. The first-order valence-corrected chi connectivity index (χ1v) is 6.94. The maximum absolute atomic E-state index is 12.0. The molecule has 1 aromatic carbocycles. The minimum Gasteiger partial charge on any atom is -0.354 e. The Balaban J connectivity index is 2.14. The number of carbonyl (C=O) groups is 1. The zero-order valence-electron chi connectivity index (χ0n) is 12.0. The van der Waals surface area contributed by atoms with Crippen molar-refractivity contribution in [3.05, 3.63) is 42.1 Å². The number of nitrogens with one attached hydrogen (secondary N) is 1. The molecule has 1 heterocycles. The number of carbonyl (C=O) groups excluding carboxylic acids is 1. The Bertz CT molecular complexity index is 595. The Kier molecular flexibility index (Phi) is 4.69. The van der Waals surface area contributed by atoms with Crippen LogP contribution in [-0.2, 0) is 11.2 Å². The molecular formula is C16H21N3O. The topological polar surface area (TPSA) is 68.0 Å². The van der Waals surface area contributed by atoms with Crippen molar-refractivity contribution in [3.63, 3.8) is 0 Å². The minimum absolute atomic E-state index is 0.0220. The van der Waals surface area contributed by atoms with Crippen LogP contribution in [0.25, 0.3) is 10.9 Å². The van der Waals surface area contributed by atoms with Crippen LogP contribution in [0.5, 0.6) is 0 Å². The van der Waals surface area contributed by atoms with Gasteiger partial charge in [-0.15, -0.1) is 0 Å². The largest absolute Gasteiger partial charge is 0.354 e. The summed E-state index contributed by atoms with van der Waals surface area (Å²) in [6, 6.07) is 10.2. The molecule has 1 amide bonds. The summed E-state index contributed by atoms with van der Waals surface area (Å²) in [5.41, 5.74) is 7.81. The van der Waals surface area contributed by atoms with Crippen LogP contribution < -0.4 is 11.1 Å². The first-order valence-electron chi connectivity index (χ1n) is 6.94. The normalized spacial score (nSPS) is 12.6. The van der Waals surface area contributed by atoms with Crippen molar-refractivity contribution in [1.29, 1.82) is 0 Å². The van der Waals surface area contributed by atoms with Crippen LogP contribution >= 0.6 is 0 Å². The zero-order valence-corrected chi connectivity index (χ0v) is 12.0. The molecule has 1 atom stereocenters. The number of pyridine rings is 1. The van der Waals surface area contributed by atoms with Crippen LogP contribution in [0, 0.1) is 5.92 Å². The van der Waals surface area contributed by atoms with Crippen LogP contribution in [0.2, 0.25) is 0 Å². The standard InChI is InChI=1S/C16H21N3O/c1-11(2)19-16(20)14(10-17)9-12-5-6-15-13(8-12)4-3-7-18-15/h3-8,11,14H,9-10,17H2,1-2H3,(H,19,20). The molecule has 0 aliphatic carbocycles. The Hall–Kier alpha value is -1.94. The van der Waals surface area contributed by atoms with E-state index in [1.807, 2.05) is 38.1 Å². The van der Waals surface area contributed by atoms with Gasteiger partial charge in [0.05, 0.1) is 11.4 Å². The van der Waals surface area contributed by atoms with E-state index in [0.29, 0.717) is 13.0 Å². The van der Waals surface area contributed by atoms with Gasteiger partial charge in [0.2, 0.25) is 5.91 Å². The third-order valence-electron chi connectivity index (χ3n) is 3.24. The number of nitrogens with two attached hydrogens (primary N) is 1. The number of rotatable bonds is 5. The summed E-state index contributed by atoms with van der Waals surface area (Å²) in [6.07, 6.45) is 2.43.